The summed E-state index contributed by atoms with van der Waals surface area (Å²) < 4.78 is 0. The summed E-state index contributed by atoms with van der Waals surface area (Å²) in [6.45, 7) is 3.65. The minimum absolute atomic E-state index is 0. The van der Waals surface area contributed by atoms with Crippen molar-refractivity contribution in [3.05, 3.63) is 34.9 Å². The van der Waals surface area contributed by atoms with E-state index < -0.39 is 6.04 Å². The van der Waals surface area contributed by atoms with Crippen molar-refractivity contribution in [1.29, 1.82) is 0 Å². The van der Waals surface area contributed by atoms with Crippen LogP contribution in [0.15, 0.2) is 24.3 Å². The van der Waals surface area contributed by atoms with E-state index in [1.807, 2.05) is 31.2 Å². The molecule has 0 heterocycles. The lowest BCUT2D eigenvalue weighted by molar-refractivity contribution is -0.132. The van der Waals surface area contributed by atoms with Crippen LogP contribution in [-0.4, -0.2) is 23.9 Å². The fourth-order valence-corrected chi connectivity index (χ4v) is 1.60. The Morgan fingerprint density at radius 3 is 2.18 bits per heavy atom. The summed E-state index contributed by atoms with van der Waals surface area (Å²) in [6.07, 6.45) is 0. The molecule has 0 aliphatic carbocycles. The van der Waals surface area contributed by atoms with E-state index in [0.29, 0.717) is 5.02 Å². The lowest BCUT2D eigenvalue weighted by atomic mass is 10.1. The summed E-state index contributed by atoms with van der Waals surface area (Å²) in [5.74, 6) is -0.0672. The quantitative estimate of drug-likeness (QED) is 0.923. The maximum atomic E-state index is 11.7. The van der Waals surface area contributed by atoms with Gasteiger partial charge in [0, 0.05) is 12.1 Å². The van der Waals surface area contributed by atoms with Crippen molar-refractivity contribution >= 4 is 29.9 Å². The molecule has 0 saturated heterocycles. The number of halogens is 2. The van der Waals surface area contributed by atoms with Crippen LogP contribution in [0.2, 0.25) is 5.02 Å². The second-order valence-electron chi connectivity index (χ2n) is 3.97. The van der Waals surface area contributed by atoms with Crippen LogP contribution in [0.5, 0.6) is 0 Å². The molecule has 0 radical (unpaired) electrons. The molecule has 1 aromatic rings. The molecule has 0 bridgehead atoms. The first kappa shape index (κ1) is 16.2. The van der Waals surface area contributed by atoms with E-state index >= 15 is 0 Å². The highest BCUT2D eigenvalue weighted by Gasteiger charge is 2.19. The molecule has 1 unspecified atom stereocenters. The van der Waals surface area contributed by atoms with Crippen LogP contribution >= 0.6 is 24.0 Å². The molecule has 0 fully saturated rings. The summed E-state index contributed by atoms with van der Waals surface area (Å²) in [5, 5.41) is 0.692. The summed E-state index contributed by atoms with van der Waals surface area (Å²) in [7, 11) is 1.75. The second-order valence-corrected chi connectivity index (χ2v) is 4.40. The van der Waals surface area contributed by atoms with Gasteiger partial charge in [-0.2, -0.15) is 0 Å². The van der Waals surface area contributed by atoms with Gasteiger partial charge in [0.1, 0.15) is 0 Å². The maximum absolute atomic E-state index is 11.7. The van der Waals surface area contributed by atoms with Crippen LogP contribution in [0.1, 0.15) is 25.5 Å². The van der Waals surface area contributed by atoms with Gasteiger partial charge in [-0.3, -0.25) is 4.79 Å². The predicted octanol–water partition coefficient (Wildman–Crippen LogP) is 2.63. The fraction of sp³-hybridized carbons (Fsp3) is 0.417. The normalized spacial score (nSPS) is 13.5. The third-order valence-corrected chi connectivity index (χ3v) is 2.92. The van der Waals surface area contributed by atoms with Crippen LogP contribution in [0.4, 0.5) is 0 Å². The number of hydrogen-bond donors (Lipinski definition) is 1. The number of likely N-dealkylation sites (N-methyl/N-ethyl adjacent to an activating group) is 1. The highest BCUT2D eigenvalue weighted by Crippen LogP contribution is 2.21. The van der Waals surface area contributed by atoms with Gasteiger partial charge in [-0.1, -0.05) is 23.7 Å². The zero-order chi connectivity index (χ0) is 12.3. The number of nitrogens with zero attached hydrogens (tertiary/aromatic N) is 1. The molecule has 0 aromatic heterocycles. The van der Waals surface area contributed by atoms with E-state index in [0.717, 1.165) is 5.56 Å². The van der Waals surface area contributed by atoms with Crippen molar-refractivity contribution in [2.75, 3.05) is 7.05 Å². The average molecular weight is 277 g/mol. The molecule has 0 spiro atoms. The zero-order valence-electron chi connectivity index (χ0n) is 10.2. The van der Waals surface area contributed by atoms with Gasteiger partial charge in [0.2, 0.25) is 5.91 Å². The van der Waals surface area contributed by atoms with Gasteiger partial charge in [0.15, 0.2) is 0 Å². The maximum Gasteiger partial charge on any atom is 0.239 e. The van der Waals surface area contributed by atoms with Crippen molar-refractivity contribution in [2.24, 2.45) is 5.73 Å². The van der Waals surface area contributed by atoms with Gasteiger partial charge in [-0.05, 0) is 31.5 Å². The lowest BCUT2D eigenvalue weighted by Crippen LogP contribution is -2.40. The molecule has 1 aromatic carbocycles. The van der Waals surface area contributed by atoms with Gasteiger partial charge in [-0.25, -0.2) is 0 Å². The van der Waals surface area contributed by atoms with E-state index in [2.05, 4.69) is 0 Å². The number of carbonyl (C=O) groups is 1. The highest BCUT2D eigenvalue weighted by molar-refractivity contribution is 6.30. The molecule has 3 nitrogen and oxygen atoms in total. The molecule has 0 saturated carbocycles. The Labute approximate surface area is 113 Å². The Morgan fingerprint density at radius 2 is 1.76 bits per heavy atom. The van der Waals surface area contributed by atoms with Crippen molar-refractivity contribution in [3.63, 3.8) is 0 Å². The Morgan fingerprint density at radius 1 is 1.29 bits per heavy atom. The summed E-state index contributed by atoms with van der Waals surface area (Å²) in [4.78, 5) is 13.3. The van der Waals surface area contributed by atoms with Crippen molar-refractivity contribution < 1.29 is 4.79 Å². The SMILES string of the molecule is CC(c1ccc(Cl)cc1)N(C)C(=O)[C@@H](C)N.Cl. The Bertz CT molecular complexity index is 365. The van der Waals surface area contributed by atoms with E-state index in [4.69, 9.17) is 17.3 Å². The van der Waals surface area contributed by atoms with Crippen LogP contribution < -0.4 is 5.73 Å². The summed E-state index contributed by atoms with van der Waals surface area (Å²) >= 11 is 5.81. The minimum Gasteiger partial charge on any atom is -0.338 e. The first-order valence-electron chi connectivity index (χ1n) is 5.21. The third kappa shape index (κ3) is 4.19. The number of rotatable bonds is 3. The van der Waals surface area contributed by atoms with Crippen LogP contribution in [-0.2, 0) is 4.79 Å². The van der Waals surface area contributed by atoms with E-state index in [-0.39, 0.29) is 24.4 Å². The molecule has 2 atom stereocenters. The number of carbonyl (C=O) groups excluding carboxylic acids is 1. The summed E-state index contributed by atoms with van der Waals surface area (Å²) in [5.41, 5.74) is 6.61. The molecule has 2 N–H and O–H groups in total. The monoisotopic (exact) mass is 276 g/mol. The molecule has 96 valence electrons. The topological polar surface area (TPSA) is 46.3 Å². The van der Waals surface area contributed by atoms with Gasteiger partial charge in [-0.15, -0.1) is 12.4 Å². The largest absolute Gasteiger partial charge is 0.338 e. The van der Waals surface area contributed by atoms with Gasteiger partial charge in [0.25, 0.3) is 0 Å². The Hall–Kier alpha value is -0.770. The number of benzene rings is 1. The molecule has 1 rings (SSSR count). The van der Waals surface area contributed by atoms with E-state index in [1.54, 1.807) is 18.9 Å². The second kappa shape index (κ2) is 6.84. The van der Waals surface area contributed by atoms with E-state index in [9.17, 15) is 4.79 Å². The molecular formula is C12H18Cl2N2O. The number of nitrogens with two attached hydrogens (primary N) is 1. The van der Waals surface area contributed by atoms with Crippen molar-refractivity contribution in [1.82, 2.24) is 4.90 Å². The first-order chi connectivity index (χ1) is 7.43. The fourth-order valence-electron chi connectivity index (χ4n) is 1.48. The van der Waals surface area contributed by atoms with Crippen molar-refractivity contribution in [3.8, 4) is 0 Å². The minimum atomic E-state index is -0.472. The average Bonchev–Trinajstić information content (AvgIpc) is 2.27. The Kier molecular flexibility index (Phi) is 6.53. The van der Waals surface area contributed by atoms with Crippen LogP contribution in [0.3, 0.4) is 0 Å². The highest BCUT2D eigenvalue weighted by atomic mass is 35.5. The van der Waals surface area contributed by atoms with Gasteiger partial charge >= 0.3 is 0 Å². The number of hydrogen-bond acceptors (Lipinski definition) is 2. The van der Waals surface area contributed by atoms with Crippen LogP contribution in [0.25, 0.3) is 0 Å². The molecule has 17 heavy (non-hydrogen) atoms. The molecule has 5 heteroatoms. The molecule has 0 aliphatic rings. The predicted molar refractivity (Wildman–Crippen MR) is 73.5 cm³/mol. The van der Waals surface area contributed by atoms with Crippen LogP contribution in [0, 0.1) is 0 Å². The standard InChI is InChI=1S/C12H17ClN2O.ClH/c1-8(14)12(16)15(3)9(2)10-4-6-11(13)7-5-10;/h4-9H,14H2,1-3H3;1H/t8-,9?;/m1./s1. The lowest BCUT2D eigenvalue weighted by Gasteiger charge is -2.26. The van der Waals surface area contributed by atoms with Gasteiger partial charge in [0.05, 0.1) is 12.1 Å². The zero-order valence-corrected chi connectivity index (χ0v) is 11.8. The third-order valence-electron chi connectivity index (χ3n) is 2.67. The van der Waals surface area contributed by atoms with E-state index in [1.165, 1.54) is 0 Å². The molecule has 0 aliphatic heterocycles. The van der Waals surface area contributed by atoms with Crippen molar-refractivity contribution in [2.45, 2.75) is 25.9 Å². The molecular weight excluding hydrogens is 259 g/mol. The summed E-state index contributed by atoms with van der Waals surface area (Å²) in [6, 6.07) is 6.99. The smallest absolute Gasteiger partial charge is 0.239 e. The Balaban J connectivity index is 0.00000256. The number of amides is 1. The first-order valence-corrected chi connectivity index (χ1v) is 5.59. The van der Waals surface area contributed by atoms with Gasteiger partial charge < -0.3 is 10.6 Å². The molecule has 1 amide bonds.